The topological polar surface area (TPSA) is 63.8 Å². The Bertz CT molecular complexity index is 930. The van der Waals surface area contributed by atoms with Crippen LogP contribution in [-0.4, -0.2) is 18.2 Å². The van der Waals surface area contributed by atoms with Gasteiger partial charge in [0.15, 0.2) is 12.4 Å². The number of para-hydroxylation sites is 1. The maximum absolute atomic E-state index is 12.0. The van der Waals surface area contributed by atoms with E-state index in [2.05, 4.69) is 31.3 Å². The largest absolute Gasteiger partial charge is 0.484 e. The molecule has 0 saturated heterocycles. The fourth-order valence-electron chi connectivity index (χ4n) is 2.59. The second-order valence-corrected chi connectivity index (χ2v) is 7.44. The first-order chi connectivity index (χ1) is 12.8. The molecule has 0 aliphatic carbocycles. The standard InChI is InChI=1S/C22H24N2O3/c1-15(20-13-16-7-5-6-8-19(16)27-20)23-24-21(25)14-26-18-11-9-17(10-12-18)22(2,3)4/h5-13H,14H2,1-4H3,(H,24,25)/b23-15-. The van der Waals surface area contributed by atoms with Crippen molar-refractivity contribution in [3.63, 3.8) is 0 Å². The number of hydrazone groups is 1. The van der Waals surface area contributed by atoms with E-state index >= 15 is 0 Å². The number of hydrogen-bond acceptors (Lipinski definition) is 4. The number of hydrogen-bond donors (Lipinski definition) is 1. The number of fused-ring (bicyclic) bond motifs is 1. The molecule has 0 saturated carbocycles. The number of ether oxygens (including phenoxy) is 1. The van der Waals surface area contributed by atoms with Crippen LogP contribution in [-0.2, 0) is 10.2 Å². The molecule has 3 rings (SSSR count). The summed E-state index contributed by atoms with van der Waals surface area (Å²) in [5.74, 6) is 0.941. The Morgan fingerprint density at radius 2 is 1.81 bits per heavy atom. The van der Waals surface area contributed by atoms with Crippen LogP contribution in [0.1, 0.15) is 39.0 Å². The third-order valence-corrected chi connectivity index (χ3v) is 4.22. The van der Waals surface area contributed by atoms with Crippen molar-refractivity contribution >= 4 is 22.6 Å². The number of nitrogens with one attached hydrogen (secondary N) is 1. The molecule has 140 valence electrons. The minimum atomic E-state index is -0.328. The van der Waals surface area contributed by atoms with Gasteiger partial charge in [-0.1, -0.05) is 51.1 Å². The van der Waals surface area contributed by atoms with E-state index in [-0.39, 0.29) is 17.9 Å². The van der Waals surface area contributed by atoms with Crippen molar-refractivity contribution < 1.29 is 13.9 Å². The number of carbonyl (C=O) groups is 1. The van der Waals surface area contributed by atoms with Gasteiger partial charge in [0.25, 0.3) is 5.91 Å². The first-order valence-electron chi connectivity index (χ1n) is 8.88. The summed E-state index contributed by atoms with van der Waals surface area (Å²) in [6.45, 7) is 8.13. The zero-order valence-corrected chi connectivity index (χ0v) is 16.1. The number of amides is 1. The predicted molar refractivity (Wildman–Crippen MR) is 107 cm³/mol. The molecule has 1 aromatic heterocycles. The van der Waals surface area contributed by atoms with Gasteiger partial charge in [0, 0.05) is 5.39 Å². The van der Waals surface area contributed by atoms with Crippen molar-refractivity contribution in [3.05, 3.63) is 65.9 Å². The summed E-state index contributed by atoms with van der Waals surface area (Å²) in [6, 6.07) is 17.4. The van der Waals surface area contributed by atoms with Crippen LogP contribution < -0.4 is 10.2 Å². The van der Waals surface area contributed by atoms with Crippen molar-refractivity contribution in [2.75, 3.05) is 6.61 Å². The van der Waals surface area contributed by atoms with Crippen LogP contribution in [0.3, 0.4) is 0 Å². The first kappa shape index (κ1) is 18.7. The average molecular weight is 364 g/mol. The van der Waals surface area contributed by atoms with Crippen LogP contribution >= 0.6 is 0 Å². The highest BCUT2D eigenvalue weighted by atomic mass is 16.5. The molecular weight excluding hydrogens is 340 g/mol. The normalized spacial score (nSPS) is 12.2. The monoisotopic (exact) mass is 364 g/mol. The van der Waals surface area contributed by atoms with Gasteiger partial charge in [0.05, 0.1) is 0 Å². The Balaban J connectivity index is 1.55. The summed E-state index contributed by atoms with van der Waals surface area (Å²) in [5, 5.41) is 5.09. The summed E-state index contributed by atoms with van der Waals surface area (Å²) in [5.41, 5.74) is 5.17. The number of nitrogens with zero attached hydrogens (tertiary/aromatic N) is 1. The molecule has 0 aliphatic rings. The van der Waals surface area contributed by atoms with Gasteiger partial charge in [-0.2, -0.15) is 5.10 Å². The van der Waals surface area contributed by atoms with Crippen LogP contribution in [0.5, 0.6) is 5.75 Å². The molecule has 27 heavy (non-hydrogen) atoms. The minimum absolute atomic E-state index is 0.0821. The molecule has 5 heteroatoms. The smallest absolute Gasteiger partial charge is 0.277 e. The molecule has 5 nitrogen and oxygen atoms in total. The van der Waals surface area contributed by atoms with Gasteiger partial charge in [0.1, 0.15) is 17.0 Å². The van der Waals surface area contributed by atoms with Gasteiger partial charge < -0.3 is 9.15 Å². The van der Waals surface area contributed by atoms with Gasteiger partial charge in [-0.3, -0.25) is 4.79 Å². The fourth-order valence-corrected chi connectivity index (χ4v) is 2.59. The molecule has 0 spiro atoms. The Labute approximate surface area is 159 Å². The zero-order valence-electron chi connectivity index (χ0n) is 16.1. The van der Waals surface area contributed by atoms with Crippen molar-refractivity contribution in [3.8, 4) is 5.75 Å². The Morgan fingerprint density at radius 3 is 2.48 bits per heavy atom. The van der Waals surface area contributed by atoms with Crippen LogP contribution in [0.4, 0.5) is 0 Å². The molecule has 1 amide bonds. The number of carbonyl (C=O) groups excluding carboxylic acids is 1. The van der Waals surface area contributed by atoms with Crippen molar-refractivity contribution in [1.82, 2.24) is 5.43 Å². The maximum Gasteiger partial charge on any atom is 0.277 e. The molecule has 0 radical (unpaired) electrons. The van der Waals surface area contributed by atoms with Gasteiger partial charge in [-0.15, -0.1) is 0 Å². The second kappa shape index (κ2) is 7.66. The molecule has 3 aromatic rings. The highest BCUT2D eigenvalue weighted by molar-refractivity contribution is 6.00. The SMILES string of the molecule is C/C(=N/NC(=O)COc1ccc(C(C)(C)C)cc1)c1cc2ccccc2o1. The maximum atomic E-state index is 12.0. The van der Waals surface area contributed by atoms with Crippen molar-refractivity contribution in [2.45, 2.75) is 33.1 Å². The van der Waals surface area contributed by atoms with E-state index in [1.807, 2.05) is 54.6 Å². The van der Waals surface area contributed by atoms with Gasteiger partial charge in [-0.25, -0.2) is 5.43 Å². The molecule has 2 aromatic carbocycles. The molecule has 0 bridgehead atoms. The van der Waals surface area contributed by atoms with Crippen molar-refractivity contribution in [1.29, 1.82) is 0 Å². The van der Waals surface area contributed by atoms with Crippen LogP contribution in [0.2, 0.25) is 0 Å². The highest BCUT2D eigenvalue weighted by Crippen LogP contribution is 2.24. The lowest BCUT2D eigenvalue weighted by Gasteiger charge is -2.19. The lowest BCUT2D eigenvalue weighted by Crippen LogP contribution is -2.25. The summed E-state index contributed by atoms with van der Waals surface area (Å²) in [6.07, 6.45) is 0. The Morgan fingerprint density at radius 1 is 1.11 bits per heavy atom. The average Bonchev–Trinajstić information content (AvgIpc) is 3.08. The van der Waals surface area contributed by atoms with E-state index in [9.17, 15) is 4.79 Å². The quantitative estimate of drug-likeness (QED) is 0.529. The van der Waals surface area contributed by atoms with E-state index in [0.717, 1.165) is 11.0 Å². The molecule has 0 aliphatic heterocycles. The zero-order chi connectivity index (χ0) is 19.4. The molecule has 0 unspecified atom stereocenters. The lowest BCUT2D eigenvalue weighted by atomic mass is 9.87. The third kappa shape index (κ3) is 4.76. The van der Waals surface area contributed by atoms with Crippen LogP contribution in [0.25, 0.3) is 11.0 Å². The lowest BCUT2D eigenvalue weighted by molar-refractivity contribution is -0.123. The van der Waals surface area contributed by atoms with Gasteiger partial charge in [0.2, 0.25) is 0 Å². The van der Waals surface area contributed by atoms with Crippen LogP contribution in [0, 0.1) is 0 Å². The summed E-state index contributed by atoms with van der Waals surface area (Å²) in [7, 11) is 0. The molecule has 0 atom stereocenters. The van der Waals surface area contributed by atoms with E-state index in [4.69, 9.17) is 9.15 Å². The third-order valence-electron chi connectivity index (χ3n) is 4.22. The Hall–Kier alpha value is -3.08. The molecular formula is C22H24N2O3. The van der Waals surface area contributed by atoms with Crippen LogP contribution in [0.15, 0.2) is 64.1 Å². The minimum Gasteiger partial charge on any atom is -0.484 e. The number of rotatable bonds is 5. The van der Waals surface area contributed by atoms with Gasteiger partial charge in [-0.05, 0) is 42.2 Å². The van der Waals surface area contributed by atoms with Crippen molar-refractivity contribution in [2.24, 2.45) is 5.10 Å². The summed E-state index contributed by atoms with van der Waals surface area (Å²) >= 11 is 0. The molecule has 1 N–H and O–H groups in total. The summed E-state index contributed by atoms with van der Waals surface area (Å²) < 4.78 is 11.2. The predicted octanol–water partition coefficient (Wildman–Crippen LogP) is 4.65. The van der Waals surface area contributed by atoms with E-state index in [1.54, 1.807) is 6.92 Å². The van der Waals surface area contributed by atoms with Gasteiger partial charge >= 0.3 is 0 Å². The van der Waals surface area contributed by atoms with E-state index in [1.165, 1.54) is 5.56 Å². The number of furan rings is 1. The van der Waals surface area contributed by atoms with E-state index in [0.29, 0.717) is 17.2 Å². The van der Waals surface area contributed by atoms with E-state index < -0.39 is 0 Å². The summed E-state index contributed by atoms with van der Waals surface area (Å²) in [4.78, 5) is 12.0. The molecule has 1 heterocycles. The number of benzene rings is 2. The fraction of sp³-hybridized carbons (Fsp3) is 0.273. The first-order valence-corrected chi connectivity index (χ1v) is 8.88. The molecule has 0 fully saturated rings. The second-order valence-electron chi connectivity index (χ2n) is 7.44. The highest BCUT2D eigenvalue weighted by Gasteiger charge is 2.13. The Kier molecular flexibility index (Phi) is 5.31.